The molecule has 148 valence electrons. The molecule has 1 aliphatic heterocycles. The Morgan fingerprint density at radius 2 is 2.03 bits per heavy atom. The number of nitrogens with one attached hydrogen (secondary N) is 1. The number of hydrogen-bond donors (Lipinski definition) is 1. The highest BCUT2D eigenvalue weighted by molar-refractivity contribution is 5.97. The van der Waals surface area contributed by atoms with E-state index in [1.165, 1.54) is 5.56 Å². The Morgan fingerprint density at radius 1 is 1.17 bits per heavy atom. The van der Waals surface area contributed by atoms with E-state index in [9.17, 15) is 4.79 Å². The molecule has 2 aromatic heterocycles. The number of benzene rings is 2. The number of nitrogens with zero attached hydrogens (tertiary/aromatic N) is 3. The SMILES string of the molecule is Cc1ccc2nc([C@@H]3CCCN3C(=O)c3ccc4oc(C(C)C)nc4c3)[nH]c2c1. The van der Waals surface area contributed by atoms with Gasteiger partial charge in [0.25, 0.3) is 5.91 Å². The molecule has 1 N–H and O–H groups in total. The first kappa shape index (κ1) is 17.9. The normalized spacial score (nSPS) is 17.1. The van der Waals surface area contributed by atoms with Gasteiger partial charge in [-0.15, -0.1) is 0 Å². The van der Waals surface area contributed by atoms with Gasteiger partial charge in [-0.25, -0.2) is 9.97 Å². The second-order valence-electron chi connectivity index (χ2n) is 8.19. The van der Waals surface area contributed by atoms with Crippen LogP contribution in [0.15, 0.2) is 40.8 Å². The van der Waals surface area contributed by atoms with E-state index < -0.39 is 0 Å². The zero-order chi connectivity index (χ0) is 20.1. The monoisotopic (exact) mass is 388 g/mol. The Labute approximate surface area is 168 Å². The third kappa shape index (κ3) is 3.09. The van der Waals surface area contributed by atoms with Crippen LogP contribution in [0, 0.1) is 6.92 Å². The molecule has 1 aliphatic rings. The molecular formula is C23H24N4O2. The molecular weight excluding hydrogens is 364 g/mol. The summed E-state index contributed by atoms with van der Waals surface area (Å²) in [5.41, 5.74) is 5.23. The molecule has 0 radical (unpaired) electrons. The van der Waals surface area contributed by atoms with Crippen LogP contribution >= 0.6 is 0 Å². The first-order chi connectivity index (χ1) is 14.0. The number of carbonyl (C=O) groups excluding carboxylic acids is 1. The van der Waals surface area contributed by atoms with E-state index >= 15 is 0 Å². The maximum Gasteiger partial charge on any atom is 0.254 e. The topological polar surface area (TPSA) is 75.0 Å². The number of amides is 1. The first-order valence-electron chi connectivity index (χ1n) is 10.2. The lowest BCUT2D eigenvalue weighted by Gasteiger charge is -2.23. The van der Waals surface area contributed by atoms with Crippen molar-refractivity contribution < 1.29 is 9.21 Å². The van der Waals surface area contributed by atoms with E-state index in [0.717, 1.165) is 47.3 Å². The van der Waals surface area contributed by atoms with Gasteiger partial charge in [0.2, 0.25) is 0 Å². The van der Waals surface area contributed by atoms with Gasteiger partial charge in [-0.3, -0.25) is 4.79 Å². The van der Waals surface area contributed by atoms with E-state index in [0.29, 0.717) is 11.5 Å². The van der Waals surface area contributed by atoms with Crippen molar-refractivity contribution in [2.45, 2.75) is 45.6 Å². The molecule has 5 rings (SSSR count). The van der Waals surface area contributed by atoms with Gasteiger partial charge in [0.15, 0.2) is 11.5 Å². The van der Waals surface area contributed by atoms with Crippen LogP contribution in [0.3, 0.4) is 0 Å². The fourth-order valence-corrected chi connectivity index (χ4v) is 4.09. The van der Waals surface area contributed by atoms with Gasteiger partial charge in [0.1, 0.15) is 11.3 Å². The minimum atomic E-state index is -0.0329. The smallest absolute Gasteiger partial charge is 0.254 e. The van der Waals surface area contributed by atoms with Crippen molar-refractivity contribution in [2.24, 2.45) is 0 Å². The average Bonchev–Trinajstić information content (AvgIpc) is 3.42. The molecule has 1 saturated heterocycles. The van der Waals surface area contributed by atoms with Crippen LogP contribution in [-0.4, -0.2) is 32.3 Å². The fourth-order valence-electron chi connectivity index (χ4n) is 4.09. The standard InChI is InChI=1S/C23H24N4O2/c1-13(2)22-26-18-12-15(7-9-20(18)29-22)23(28)27-10-4-5-19(27)21-24-16-8-6-14(3)11-17(16)25-21/h6-9,11-13,19H,4-5,10H2,1-3H3,(H,24,25)/t19-/m0/s1. The number of fused-ring (bicyclic) bond motifs is 2. The largest absolute Gasteiger partial charge is 0.440 e. The molecule has 2 aromatic carbocycles. The van der Waals surface area contributed by atoms with Gasteiger partial charge in [0.05, 0.1) is 17.1 Å². The second-order valence-corrected chi connectivity index (χ2v) is 8.19. The third-order valence-electron chi connectivity index (χ3n) is 5.63. The molecule has 1 fully saturated rings. The van der Waals surface area contributed by atoms with Crippen LogP contribution in [0.25, 0.3) is 22.1 Å². The Morgan fingerprint density at radius 3 is 2.86 bits per heavy atom. The fraction of sp³-hybridized carbons (Fsp3) is 0.348. The lowest BCUT2D eigenvalue weighted by molar-refractivity contribution is 0.0730. The Balaban J connectivity index is 1.47. The molecule has 3 heterocycles. The van der Waals surface area contributed by atoms with Crippen LogP contribution in [0.5, 0.6) is 0 Å². The highest BCUT2D eigenvalue weighted by Gasteiger charge is 2.33. The van der Waals surface area contributed by atoms with Gasteiger partial charge in [0, 0.05) is 18.0 Å². The number of hydrogen-bond acceptors (Lipinski definition) is 4. The second kappa shape index (κ2) is 6.72. The van der Waals surface area contributed by atoms with Crippen LogP contribution in [0.1, 0.15) is 66.3 Å². The van der Waals surface area contributed by atoms with Crippen LogP contribution in [-0.2, 0) is 0 Å². The van der Waals surface area contributed by atoms with Crippen molar-refractivity contribution in [3.8, 4) is 0 Å². The van der Waals surface area contributed by atoms with E-state index in [1.54, 1.807) is 0 Å². The zero-order valence-electron chi connectivity index (χ0n) is 16.9. The summed E-state index contributed by atoms with van der Waals surface area (Å²) in [4.78, 5) is 28.0. The number of aromatic amines is 1. The van der Waals surface area contributed by atoms with E-state index in [1.807, 2.05) is 43.0 Å². The lowest BCUT2D eigenvalue weighted by atomic mass is 10.1. The number of aryl methyl sites for hydroxylation is 1. The van der Waals surface area contributed by atoms with Crippen molar-refractivity contribution in [2.75, 3.05) is 6.54 Å². The highest BCUT2D eigenvalue weighted by atomic mass is 16.3. The van der Waals surface area contributed by atoms with Crippen molar-refractivity contribution in [3.63, 3.8) is 0 Å². The summed E-state index contributed by atoms with van der Waals surface area (Å²) in [7, 11) is 0. The average molecular weight is 388 g/mol. The summed E-state index contributed by atoms with van der Waals surface area (Å²) >= 11 is 0. The summed E-state index contributed by atoms with van der Waals surface area (Å²) in [5.74, 6) is 1.78. The van der Waals surface area contributed by atoms with Gasteiger partial charge < -0.3 is 14.3 Å². The quantitative estimate of drug-likeness (QED) is 0.529. The van der Waals surface area contributed by atoms with Crippen molar-refractivity contribution >= 4 is 28.0 Å². The summed E-state index contributed by atoms with van der Waals surface area (Å²) in [6.07, 6.45) is 1.88. The summed E-state index contributed by atoms with van der Waals surface area (Å²) < 4.78 is 5.77. The molecule has 0 spiro atoms. The number of likely N-dealkylation sites (tertiary alicyclic amines) is 1. The van der Waals surface area contributed by atoms with Crippen LogP contribution in [0.4, 0.5) is 0 Å². The Kier molecular flexibility index (Phi) is 4.15. The third-order valence-corrected chi connectivity index (χ3v) is 5.63. The summed E-state index contributed by atoms with van der Waals surface area (Å²) in [5, 5.41) is 0. The van der Waals surface area contributed by atoms with E-state index in [-0.39, 0.29) is 17.9 Å². The maximum atomic E-state index is 13.3. The number of rotatable bonds is 3. The minimum Gasteiger partial charge on any atom is -0.440 e. The highest BCUT2D eigenvalue weighted by Crippen LogP contribution is 2.33. The van der Waals surface area contributed by atoms with Gasteiger partial charge in [-0.05, 0) is 55.7 Å². The number of aromatic nitrogens is 3. The number of imidazole rings is 1. The summed E-state index contributed by atoms with van der Waals surface area (Å²) in [6, 6.07) is 11.7. The molecule has 6 heteroatoms. The van der Waals surface area contributed by atoms with Gasteiger partial charge in [-0.2, -0.15) is 0 Å². The van der Waals surface area contributed by atoms with E-state index in [2.05, 4.69) is 29.0 Å². The molecule has 0 aliphatic carbocycles. The molecule has 0 saturated carbocycles. The number of oxazole rings is 1. The maximum absolute atomic E-state index is 13.3. The summed E-state index contributed by atoms with van der Waals surface area (Å²) in [6.45, 7) is 6.88. The van der Waals surface area contributed by atoms with Crippen molar-refractivity contribution in [3.05, 3.63) is 59.2 Å². The minimum absolute atomic E-state index is 0.0140. The molecule has 6 nitrogen and oxygen atoms in total. The number of carbonyl (C=O) groups is 1. The molecule has 29 heavy (non-hydrogen) atoms. The Bertz CT molecular complexity index is 1220. The van der Waals surface area contributed by atoms with E-state index in [4.69, 9.17) is 9.40 Å². The predicted molar refractivity (Wildman–Crippen MR) is 112 cm³/mol. The lowest BCUT2D eigenvalue weighted by Crippen LogP contribution is -2.31. The van der Waals surface area contributed by atoms with Crippen LogP contribution in [0.2, 0.25) is 0 Å². The molecule has 1 amide bonds. The predicted octanol–water partition coefficient (Wildman–Crippen LogP) is 5.11. The zero-order valence-corrected chi connectivity index (χ0v) is 16.9. The number of H-pyrrole nitrogens is 1. The van der Waals surface area contributed by atoms with Gasteiger partial charge in [-0.1, -0.05) is 19.9 Å². The molecule has 0 bridgehead atoms. The molecule has 0 unspecified atom stereocenters. The van der Waals surface area contributed by atoms with Crippen LogP contribution < -0.4 is 0 Å². The Hall–Kier alpha value is -3.15. The first-order valence-corrected chi connectivity index (χ1v) is 10.2. The van der Waals surface area contributed by atoms with Crippen molar-refractivity contribution in [1.82, 2.24) is 19.9 Å². The van der Waals surface area contributed by atoms with Crippen molar-refractivity contribution in [1.29, 1.82) is 0 Å². The molecule has 1 atom stereocenters. The van der Waals surface area contributed by atoms with Gasteiger partial charge >= 0.3 is 0 Å². The molecule has 4 aromatic rings.